The molecule has 1 aliphatic rings. The van der Waals surface area contributed by atoms with Crippen LogP contribution in [0.3, 0.4) is 0 Å². The molecule has 0 aromatic heterocycles. The van der Waals surface area contributed by atoms with Gasteiger partial charge in [-0.2, -0.15) is 0 Å². The Balaban J connectivity index is 1.86. The molecule has 0 heterocycles. The molecule has 1 saturated carbocycles. The highest BCUT2D eigenvalue weighted by atomic mass is 16.3. The van der Waals surface area contributed by atoms with Crippen molar-refractivity contribution in [3.63, 3.8) is 0 Å². The zero-order valence-electron chi connectivity index (χ0n) is 11.3. The van der Waals surface area contributed by atoms with Crippen LogP contribution in [0.2, 0.25) is 0 Å². The third-order valence-corrected chi connectivity index (χ3v) is 4.44. The van der Waals surface area contributed by atoms with Gasteiger partial charge in [0.05, 0.1) is 5.60 Å². The Bertz CT molecular complexity index is 534. The Labute approximate surface area is 114 Å². The zero-order valence-corrected chi connectivity index (χ0v) is 11.3. The molecule has 0 saturated heterocycles. The number of rotatable bonds is 4. The first kappa shape index (κ1) is 12.4. The monoisotopic (exact) mass is 252 g/mol. The maximum atomic E-state index is 11.1. The van der Waals surface area contributed by atoms with E-state index in [1.54, 1.807) is 0 Å². The fourth-order valence-electron chi connectivity index (χ4n) is 3.20. The van der Waals surface area contributed by atoms with Crippen molar-refractivity contribution in [2.45, 2.75) is 31.3 Å². The smallest absolute Gasteiger partial charge is 0.0928 e. The van der Waals surface area contributed by atoms with Gasteiger partial charge in [0.15, 0.2) is 0 Å². The van der Waals surface area contributed by atoms with Crippen molar-refractivity contribution in [2.24, 2.45) is 5.92 Å². The highest BCUT2D eigenvalue weighted by Crippen LogP contribution is 2.57. The largest absolute Gasteiger partial charge is 0.385 e. The Morgan fingerprint density at radius 2 is 1.58 bits per heavy atom. The van der Waals surface area contributed by atoms with Gasteiger partial charge in [0.2, 0.25) is 0 Å². The molecule has 0 amide bonds. The quantitative estimate of drug-likeness (QED) is 0.869. The van der Waals surface area contributed by atoms with Gasteiger partial charge in [-0.3, -0.25) is 0 Å². The standard InChI is InChI=1S/C18H20O/c1-2-18(19,15-11-7-4-8-12-15)17-13-16(17)14-9-5-3-6-10-14/h3-12,16-17,19H,2,13H2,1H3. The summed E-state index contributed by atoms with van der Waals surface area (Å²) in [7, 11) is 0. The van der Waals surface area contributed by atoms with Gasteiger partial charge < -0.3 is 5.11 Å². The number of benzene rings is 2. The Kier molecular flexibility index (Phi) is 3.16. The van der Waals surface area contributed by atoms with E-state index in [-0.39, 0.29) is 0 Å². The minimum atomic E-state index is -0.679. The summed E-state index contributed by atoms with van der Waals surface area (Å²) in [6.45, 7) is 2.08. The predicted molar refractivity (Wildman–Crippen MR) is 77.9 cm³/mol. The van der Waals surface area contributed by atoms with E-state index in [2.05, 4.69) is 31.2 Å². The molecule has 1 fully saturated rings. The molecule has 2 aromatic carbocycles. The van der Waals surface area contributed by atoms with Gasteiger partial charge in [-0.05, 0) is 35.8 Å². The Hall–Kier alpha value is -1.60. The zero-order chi connectivity index (χ0) is 13.3. The van der Waals surface area contributed by atoms with Gasteiger partial charge >= 0.3 is 0 Å². The van der Waals surface area contributed by atoms with Crippen molar-refractivity contribution in [2.75, 3.05) is 0 Å². The van der Waals surface area contributed by atoms with E-state index >= 15 is 0 Å². The summed E-state index contributed by atoms with van der Waals surface area (Å²) in [5.41, 5.74) is 1.73. The molecule has 3 unspecified atom stereocenters. The van der Waals surface area contributed by atoms with Crippen LogP contribution < -0.4 is 0 Å². The SMILES string of the molecule is CCC(O)(c1ccccc1)C1CC1c1ccccc1. The average Bonchev–Trinajstić information content (AvgIpc) is 3.29. The van der Waals surface area contributed by atoms with Crippen molar-refractivity contribution >= 4 is 0 Å². The van der Waals surface area contributed by atoms with Crippen LogP contribution >= 0.6 is 0 Å². The molecule has 1 N–H and O–H groups in total. The second-order valence-corrected chi connectivity index (χ2v) is 5.50. The first-order chi connectivity index (χ1) is 9.25. The third kappa shape index (κ3) is 2.19. The summed E-state index contributed by atoms with van der Waals surface area (Å²) in [4.78, 5) is 0. The summed E-state index contributed by atoms with van der Waals surface area (Å²) in [5.74, 6) is 0.855. The molecule has 1 aliphatic carbocycles. The molecule has 0 radical (unpaired) electrons. The molecule has 1 nitrogen and oxygen atoms in total. The lowest BCUT2D eigenvalue weighted by molar-refractivity contribution is 0.00684. The molecule has 0 aliphatic heterocycles. The lowest BCUT2D eigenvalue weighted by atomic mass is 9.84. The minimum Gasteiger partial charge on any atom is -0.385 e. The minimum absolute atomic E-state index is 0.349. The van der Waals surface area contributed by atoms with E-state index in [1.165, 1.54) is 5.56 Å². The lowest BCUT2D eigenvalue weighted by Crippen LogP contribution is -2.28. The van der Waals surface area contributed by atoms with Crippen molar-refractivity contribution < 1.29 is 5.11 Å². The van der Waals surface area contributed by atoms with Crippen LogP contribution in [0.25, 0.3) is 0 Å². The van der Waals surface area contributed by atoms with Crippen LogP contribution in [0, 0.1) is 5.92 Å². The molecular weight excluding hydrogens is 232 g/mol. The molecule has 3 atom stereocenters. The maximum Gasteiger partial charge on any atom is 0.0928 e. The molecule has 98 valence electrons. The predicted octanol–water partition coefficient (Wildman–Crippen LogP) is 4.09. The topological polar surface area (TPSA) is 20.2 Å². The van der Waals surface area contributed by atoms with Crippen molar-refractivity contribution in [3.05, 3.63) is 71.8 Å². The average molecular weight is 252 g/mol. The molecule has 3 rings (SSSR count). The highest BCUT2D eigenvalue weighted by Gasteiger charge is 2.52. The Morgan fingerprint density at radius 1 is 1.00 bits per heavy atom. The molecule has 0 spiro atoms. The summed E-state index contributed by atoms with van der Waals surface area (Å²) >= 11 is 0. The summed E-state index contributed by atoms with van der Waals surface area (Å²) in [5, 5.41) is 11.1. The van der Waals surface area contributed by atoms with Gasteiger partial charge in [0.25, 0.3) is 0 Å². The number of hydrogen-bond donors (Lipinski definition) is 1. The van der Waals surface area contributed by atoms with E-state index in [4.69, 9.17) is 0 Å². The molecular formula is C18H20O. The van der Waals surface area contributed by atoms with Gasteiger partial charge in [-0.15, -0.1) is 0 Å². The van der Waals surface area contributed by atoms with Crippen molar-refractivity contribution in [1.82, 2.24) is 0 Å². The van der Waals surface area contributed by atoms with Gasteiger partial charge in [-0.25, -0.2) is 0 Å². The number of hydrogen-bond acceptors (Lipinski definition) is 1. The second kappa shape index (κ2) is 4.82. The van der Waals surface area contributed by atoms with E-state index in [1.807, 2.05) is 36.4 Å². The van der Waals surface area contributed by atoms with Crippen LogP contribution in [0.1, 0.15) is 36.8 Å². The van der Waals surface area contributed by atoms with Crippen molar-refractivity contribution in [1.29, 1.82) is 0 Å². The third-order valence-electron chi connectivity index (χ3n) is 4.44. The highest BCUT2D eigenvalue weighted by molar-refractivity contribution is 5.32. The summed E-state index contributed by atoms with van der Waals surface area (Å²) in [6.07, 6.45) is 1.86. The van der Waals surface area contributed by atoms with Gasteiger partial charge in [0, 0.05) is 0 Å². The van der Waals surface area contributed by atoms with E-state index in [9.17, 15) is 5.11 Å². The second-order valence-electron chi connectivity index (χ2n) is 5.50. The van der Waals surface area contributed by atoms with Crippen molar-refractivity contribution in [3.8, 4) is 0 Å². The van der Waals surface area contributed by atoms with E-state index < -0.39 is 5.60 Å². The molecule has 2 aromatic rings. The summed E-state index contributed by atoms with van der Waals surface area (Å²) < 4.78 is 0. The molecule has 19 heavy (non-hydrogen) atoms. The van der Waals surface area contributed by atoms with Crippen LogP contribution in [0.15, 0.2) is 60.7 Å². The van der Waals surface area contributed by atoms with E-state index in [0.29, 0.717) is 11.8 Å². The first-order valence-electron chi connectivity index (χ1n) is 7.08. The number of aliphatic hydroxyl groups is 1. The molecule has 1 heteroatoms. The van der Waals surface area contributed by atoms with E-state index in [0.717, 1.165) is 18.4 Å². The van der Waals surface area contributed by atoms with Crippen LogP contribution in [0.4, 0.5) is 0 Å². The first-order valence-corrected chi connectivity index (χ1v) is 7.08. The lowest BCUT2D eigenvalue weighted by Gasteiger charge is -2.28. The van der Waals surface area contributed by atoms with Crippen LogP contribution in [0.5, 0.6) is 0 Å². The summed E-state index contributed by atoms with van der Waals surface area (Å²) in [6, 6.07) is 20.7. The van der Waals surface area contributed by atoms with Crippen LogP contribution in [-0.4, -0.2) is 5.11 Å². The van der Waals surface area contributed by atoms with Crippen LogP contribution in [-0.2, 0) is 5.60 Å². The van der Waals surface area contributed by atoms with Gasteiger partial charge in [0.1, 0.15) is 0 Å². The molecule has 0 bridgehead atoms. The fourth-order valence-corrected chi connectivity index (χ4v) is 3.20. The fraction of sp³-hybridized carbons (Fsp3) is 0.333. The normalized spacial score (nSPS) is 24.7. The van der Waals surface area contributed by atoms with Gasteiger partial charge in [-0.1, -0.05) is 67.6 Å². The maximum absolute atomic E-state index is 11.1. The Morgan fingerprint density at radius 3 is 2.16 bits per heavy atom.